The van der Waals surface area contributed by atoms with Gasteiger partial charge in [-0.1, -0.05) is 6.08 Å². The molecule has 1 aromatic heterocycles. The van der Waals surface area contributed by atoms with E-state index in [2.05, 4.69) is 11.6 Å². The van der Waals surface area contributed by atoms with Crippen LogP contribution in [-0.4, -0.2) is 10.1 Å². The van der Waals surface area contributed by atoms with E-state index >= 15 is 0 Å². The zero-order valence-electron chi connectivity index (χ0n) is 6.77. The van der Waals surface area contributed by atoms with Crippen LogP contribution in [0, 0.1) is 0 Å². The molecule has 3 nitrogen and oxygen atoms in total. The van der Waals surface area contributed by atoms with Gasteiger partial charge in [-0.15, -0.1) is 6.58 Å². The van der Waals surface area contributed by atoms with Crippen molar-refractivity contribution in [1.29, 1.82) is 0 Å². The first-order valence-electron chi connectivity index (χ1n) is 3.76. The van der Waals surface area contributed by atoms with Crippen molar-refractivity contribution < 1.29 is 5.11 Å². The molecule has 0 aliphatic heterocycles. The highest BCUT2D eigenvalue weighted by Crippen LogP contribution is 2.21. The molecular formula is C9H12N2O. The van der Waals surface area contributed by atoms with E-state index in [0.717, 1.165) is 0 Å². The van der Waals surface area contributed by atoms with Gasteiger partial charge >= 0.3 is 0 Å². The first-order valence-corrected chi connectivity index (χ1v) is 3.76. The lowest BCUT2D eigenvalue weighted by atomic mass is 10.1. The number of nitrogens with two attached hydrogens (primary N) is 1. The topological polar surface area (TPSA) is 59.1 Å². The van der Waals surface area contributed by atoms with Gasteiger partial charge in [-0.3, -0.25) is 4.98 Å². The van der Waals surface area contributed by atoms with Crippen molar-refractivity contribution in [3.63, 3.8) is 0 Å². The van der Waals surface area contributed by atoms with Gasteiger partial charge in [0.1, 0.15) is 5.75 Å². The molecule has 0 aliphatic carbocycles. The molecule has 0 radical (unpaired) electrons. The van der Waals surface area contributed by atoms with Gasteiger partial charge in [0, 0.05) is 6.20 Å². The van der Waals surface area contributed by atoms with Gasteiger partial charge in [0.15, 0.2) is 0 Å². The first-order chi connectivity index (χ1) is 5.75. The third-order valence-corrected chi connectivity index (χ3v) is 1.59. The standard InChI is InChI=1S/C9H12N2O/c1-2-4-7(10)9-8(12)5-3-6-11-9/h2-3,5-7,12H,1,4,10H2/t7-/m1/s1. The van der Waals surface area contributed by atoms with Crippen LogP contribution in [0.3, 0.4) is 0 Å². The van der Waals surface area contributed by atoms with Crippen molar-refractivity contribution >= 4 is 0 Å². The minimum atomic E-state index is -0.260. The van der Waals surface area contributed by atoms with E-state index in [-0.39, 0.29) is 11.8 Å². The molecule has 0 unspecified atom stereocenters. The van der Waals surface area contributed by atoms with E-state index in [4.69, 9.17) is 5.73 Å². The predicted octanol–water partition coefficient (Wildman–Crippen LogP) is 1.36. The minimum absolute atomic E-state index is 0.145. The molecule has 0 saturated carbocycles. The minimum Gasteiger partial charge on any atom is -0.506 e. The summed E-state index contributed by atoms with van der Waals surface area (Å²) >= 11 is 0. The Morgan fingerprint density at radius 2 is 2.50 bits per heavy atom. The van der Waals surface area contributed by atoms with Gasteiger partial charge in [-0.05, 0) is 18.6 Å². The summed E-state index contributed by atoms with van der Waals surface area (Å²) in [7, 11) is 0. The summed E-state index contributed by atoms with van der Waals surface area (Å²) in [5.41, 5.74) is 6.24. The molecule has 0 fully saturated rings. The number of nitrogens with zero attached hydrogens (tertiary/aromatic N) is 1. The number of hydrogen-bond acceptors (Lipinski definition) is 3. The molecule has 0 spiro atoms. The molecule has 0 aromatic carbocycles. The summed E-state index contributed by atoms with van der Waals surface area (Å²) in [5.74, 6) is 0.145. The third kappa shape index (κ3) is 1.83. The number of aromatic nitrogens is 1. The molecule has 0 saturated heterocycles. The average molecular weight is 164 g/mol. The fourth-order valence-corrected chi connectivity index (χ4v) is 0.986. The second-order valence-corrected chi connectivity index (χ2v) is 2.54. The highest BCUT2D eigenvalue weighted by atomic mass is 16.3. The molecule has 1 aromatic rings. The van der Waals surface area contributed by atoms with Crippen molar-refractivity contribution in [2.45, 2.75) is 12.5 Å². The highest BCUT2D eigenvalue weighted by molar-refractivity contribution is 5.27. The number of pyridine rings is 1. The maximum Gasteiger partial charge on any atom is 0.138 e. The second-order valence-electron chi connectivity index (χ2n) is 2.54. The quantitative estimate of drug-likeness (QED) is 0.663. The summed E-state index contributed by atoms with van der Waals surface area (Å²) in [5, 5.41) is 9.33. The molecule has 12 heavy (non-hydrogen) atoms. The van der Waals surface area contributed by atoms with Gasteiger partial charge in [-0.2, -0.15) is 0 Å². The lowest BCUT2D eigenvalue weighted by molar-refractivity contribution is 0.456. The Labute approximate surface area is 71.6 Å². The zero-order valence-corrected chi connectivity index (χ0v) is 6.77. The van der Waals surface area contributed by atoms with Crippen LogP contribution >= 0.6 is 0 Å². The smallest absolute Gasteiger partial charge is 0.138 e. The summed E-state index contributed by atoms with van der Waals surface area (Å²) in [4.78, 5) is 3.97. The van der Waals surface area contributed by atoms with Crippen LogP contribution in [0.1, 0.15) is 18.2 Å². The van der Waals surface area contributed by atoms with E-state index in [1.807, 2.05) is 0 Å². The lowest BCUT2D eigenvalue weighted by Crippen LogP contribution is -2.10. The van der Waals surface area contributed by atoms with Gasteiger partial charge in [0.2, 0.25) is 0 Å². The highest BCUT2D eigenvalue weighted by Gasteiger charge is 2.09. The van der Waals surface area contributed by atoms with Gasteiger partial charge in [0.05, 0.1) is 11.7 Å². The molecular weight excluding hydrogens is 152 g/mol. The van der Waals surface area contributed by atoms with E-state index < -0.39 is 0 Å². The number of hydrogen-bond donors (Lipinski definition) is 2. The van der Waals surface area contributed by atoms with Crippen LogP contribution in [0.15, 0.2) is 31.0 Å². The maximum absolute atomic E-state index is 9.33. The molecule has 0 aliphatic rings. The van der Waals surface area contributed by atoms with Crippen molar-refractivity contribution in [3.05, 3.63) is 36.7 Å². The van der Waals surface area contributed by atoms with Crippen molar-refractivity contribution in [3.8, 4) is 5.75 Å². The van der Waals surface area contributed by atoms with Crippen LogP contribution in [0.4, 0.5) is 0 Å². The Hall–Kier alpha value is -1.35. The fraction of sp³-hybridized carbons (Fsp3) is 0.222. The Bertz CT molecular complexity index is 273. The van der Waals surface area contributed by atoms with Crippen molar-refractivity contribution in [1.82, 2.24) is 4.98 Å². The lowest BCUT2D eigenvalue weighted by Gasteiger charge is -2.08. The molecule has 1 atom stereocenters. The van der Waals surface area contributed by atoms with Crippen molar-refractivity contribution in [2.75, 3.05) is 0 Å². The normalized spacial score (nSPS) is 12.4. The molecule has 1 rings (SSSR count). The Morgan fingerprint density at radius 3 is 3.08 bits per heavy atom. The fourth-order valence-electron chi connectivity index (χ4n) is 0.986. The molecule has 3 heteroatoms. The second kappa shape index (κ2) is 3.88. The molecule has 1 heterocycles. The van der Waals surface area contributed by atoms with Gasteiger partial charge in [0.25, 0.3) is 0 Å². The Morgan fingerprint density at radius 1 is 1.75 bits per heavy atom. The van der Waals surface area contributed by atoms with Crippen LogP contribution < -0.4 is 5.73 Å². The third-order valence-electron chi connectivity index (χ3n) is 1.59. The molecule has 64 valence electrons. The zero-order chi connectivity index (χ0) is 8.97. The summed E-state index contributed by atoms with van der Waals surface area (Å²) in [6, 6.07) is 2.98. The largest absolute Gasteiger partial charge is 0.506 e. The van der Waals surface area contributed by atoms with Crippen LogP contribution in [0.25, 0.3) is 0 Å². The van der Waals surface area contributed by atoms with E-state index in [0.29, 0.717) is 12.1 Å². The van der Waals surface area contributed by atoms with Crippen LogP contribution in [0.2, 0.25) is 0 Å². The maximum atomic E-state index is 9.33. The van der Waals surface area contributed by atoms with E-state index in [1.165, 1.54) is 0 Å². The van der Waals surface area contributed by atoms with Gasteiger partial charge in [-0.25, -0.2) is 0 Å². The number of aromatic hydroxyl groups is 1. The molecule has 3 N–H and O–H groups in total. The summed E-state index contributed by atoms with van der Waals surface area (Å²) < 4.78 is 0. The van der Waals surface area contributed by atoms with Crippen molar-refractivity contribution in [2.24, 2.45) is 5.73 Å². The van der Waals surface area contributed by atoms with Crippen LogP contribution in [-0.2, 0) is 0 Å². The molecule has 0 bridgehead atoms. The van der Waals surface area contributed by atoms with E-state index in [9.17, 15) is 5.11 Å². The number of rotatable bonds is 3. The SMILES string of the molecule is C=CC[C@@H](N)c1ncccc1O. The summed E-state index contributed by atoms with van der Waals surface area (Å²) in [6.07, 6.45) is 3.93. The predicted molar refractivity (Wildman–Crippen MR) is 47.6 cm³/mol. The first kappa shape index (κ1) is 8.74. The molecule has 0 amide bonds. The Kier molecular flexibility index (Phi) is 2.82. The van der Waals surface area contributed by atoms with E-state index in [1.54, 1.807) is 24.4 Å². The summed E-state index contributed by atoms with van der Waals surface area (Å²) in [6.45, 7) is 3.57. The van der Waals surface area contributed by atoms with Crippen LogP contribution in [0.5, 0.6) is 5.75 Å². The van der Waals surface area contributed by atoms with Gasteiger partial charge < -0.3 is 10.8 Å². The Balaban J connectivity index is 2.86. The average Bonchev–Trinajstić information content (AvgIpc) is 2.05. The monoisotopic (exact) mass is 164 g/mol.